The van der Waals surface area contributed by atoms with E-state index < -0.39 is 0 Å². The molecule has 27 heavy (non-hydrogen) atoms. The lowest BCUT2D eigenvalue weighted by Gasteiger charge is -2.32. The lowest BCUT2D eigenvalue weighted by Crippen LogP contribution is -2.36. The van der Waals surface area contributed by atoms with Crippen molar-refractivity contribution in [3.63, 3.8) is 0 Å². The van der Waals surface area contributed by atoms with Gasteiger partial charge in [-0.25, -0.2) is 4.98 Å². The average molecular weight is 364 g/mol. The highest BCUT2D eigenvalue weighted by molar-refractivity contribution is 5.79. The van der Waals surface area contributed by atoms with Crippen LogP contribution in [0.25, 0.3) is 10.9 Å². The van der Waals surface area contributed by atoms with Crippen molar-refractivity contribution in [2.45, 2.75) is 32.2 Å². The van der Waals surface area contributed by atoms with Gasteiger partial charge in [-0.2, -0.15) is 0 Å². The number of nitrogens with zero attached hydrogens (tertiary/aromatic N) is 3. The summed E-state index contributed by atoms with van der Waals surface area (Å²) in [6, 6.07) is 11.6. The van der Waals surface area contributed by atoms with Gasteiger partial charge in [0.15, 0.2) is 0 Å². The minimum Gasteiger partial charge on any atom is -0.311 e. The van der Waals surface area contributed by atoms with Crippen LogP contribution in [-0.2, 0) is 13.6 Å². The first-order valence-electron chi connectivity index (χ1n) is 9.39. The second-order valence-corrected chi connectivity index (χ2v) is 7.42. The van der Waals surface area contributed by atoms with E-state index in [1.165, 1.54) is 0 Å². The van der Waals surface area contributed by atoms with E-state index >= 15 is 0 Å². The molecule has 3 heterocycles. The van der Waals surface area contributed by atoms with Gasteiger partial charge in [0.25, 0.3) is 11.1 Å². The van der Waals surface area contributed by atoms with E-state index in [-0.39, 0.29) is 17.0 Å². The second-order valence-electron chi connectivity index (χ2n) is 7.42. The first kappa shape index (κ1) is 17.7. The van der Waals surface area contributed by atoms with Crippen molar-refractivity contribution in [3.8, 4) is 0 Å². The number of fused-ring (bicyclic) bond motifs is 1. The fourth-order valence-electron chi connectivity index (χ4n) is 4.10. The van der Waals surface area contributed by atoms with Crippen LogP contribution in [0.5, 0.6) is 0 Å². The molecule has 0 spiro atoms. The molecule has 0 aliphatic carbocycles. The average Bonchev–Trinajstić information content (AvgIpc) is 2.65. The number of para-hydroxylation sites is 1. The summed E-state index contributed by atoms with van der Waals surface area (Å²) >= 11 is 0. The Kier molecular flexibility index (Phi) is 4.66. The molecule has 0 radical (unpaired) electrons. The maximum atomic E-state index is 12.8. The summed E-state index contributed by atoms with van der Waals surface area (Å²) in [5, 5.41) is 1.08. The number of aryl methyl sites for hydroxylation is 2. The number of rotatable bonds is 3. The third kappa shape index (κ3) is 3.57. The van der Waals surface area contributed by atoms with Gasteiger partial charge >= 0.3 is 0 Å². The number of pyridine rings is 1. The van der Waals surface area contributed by atoms with Crippen molar-refractivity contribution in [1.29, 1.82) is 0 Å². The van der Waals surface area contributed by atoms with Crippen molar-refractivity contribution in [2.75, 3.05) is 13.1 Å². The van der Waals surface area contributed by atoms with Gasteiger partial charge in [-0.15, -0.1) is 0 Å². The van der Waals surface area contributed by atoms with Crippen molar-refractivity contribution < 1.29 is 0 Å². The molecule has 0 amide bonds. The maximum Gasteiger partial charge on any atom is 0.255 e. The summed E-state index contributed by atoms with van der Waals surface area (Å²) in [5.74, 6) is 0.877. The fourth-order valence-corrected chi connectivity index (χ4v) is 4.10. The number of piperidine rings is 1. The molecule has 1 unspecified atom stereocenters. The Morgan fingerprint density at radius 2 is 2.04 bits per heavy atom. The van der Waals surface area contributed by atoms with Crippen LogP contribution in [0, 0.1) is 6.92 Å². The van der Waals surface area contributed by atoms with E-state index in [0.29, 0.717) is 12.4 Å². The molecule has 4 rings (SSSR count). The van der Waals surface area contributed by atoms with Gasteiger partial charge in [0.1, 0.15) is 5.82 Å². The predicted octanol–water partition coefficient (Wildman–Crippen LogP) is 2.31. The van der Waals surface area contributed by atoms with E-state index in [2.05, 4.69) is 14.9 Å². The molecule has 0 saturated carbocycles. The van der Waals surface area contributed by atoms with E-state index in [1.807, 2.05) is 44.3 Å². The molecule has 6 nitrogen and oxygen atoms in total. The fraction of sp³-hybridized carbons (Fsp3) is 0.381. The van der Waals surface area contributed by atoms with Crippen LogP contribution in [0.15, 0.2) is 46.0 Å². The van der Waals surface area contributed by atoms with Crippen LogP contribution in [0.3, 0.4) is 0 Å². The van der Waals surface area contributed by atoms with Crippen molar-refractivity contribution in [1.82, 2.24) is 19.4 Å². The van der Waals surface area contributed by atoms with Crippen LogP contribution in [0.2, 0.25) is 0 Å². The molecular formula is C21H24N4O2. The molecule has 1 saturated heterocycles. The number of hydrogen-bond acceptors (Lipinski definition) is 4. The van der Waals surface area contributed by atoms with Gasteiger partial charge in [0.05, 0.1) is 11.2 Å². The SMILES string of the molecule is Cc1nc(C2CCCN(Cc3cc4ccccc4n(C)c3=O)C2)cc(=O)[nH]1. The molecule has 3 aromatic rings. The molecule has 1 aliphatic rings. The highest BCUT2D eigenvalue weighted by atomic mass is 16.1. The minimum atomic E-state index is -0.0991. The standard InChI is InChI=1S/C21H24N4O2/c1-14-22-18(11-20(26)23-14)16-7-5-9-25(12-16)13-17-10-15-6-3-4-8-19(15)24(2)21(17)27/h3-4,6,8,10-11,16H,5,7,9,12-13H2,1-2H3,(H,22,23,26). The Bertz CT molecular complexity index is 1100. The number of likely N-dealkylation sites (tertiary alicyclic amines) is 1. The number of benzene rings is 1. The smallest absolute Gasteiger partial charge is 0.255 e. The molecule has 6 heteroatoms. The van der Waals surface area contributed by atoms with Gasteiger partial charge in [0, 0.05) is 37.7 Å². The molecular weight excluding hydrogens is 340 g/mol. The zero-order valence-corrected chi connectivity index (χ0v) is 15.7. The largest absolute Gasteiger partial charge is 0.311 e. The molecule has 1 aromatic carbocycles. The Morgan fingerprint density at radius 3 is 2.85 bits per heavy atom. The predicted molar refractivity (Wildman–Crippen MR) is 106 cm³/mol. The van der Waals surface area contributed by atoms with Crippen LogP contribution in [-0.4, -0.2) is 32.5 Å². The van der Waals surface area contributed by atoms with Crippen LogP contribution in [0.1, 0.15) is 35.8 Å². The Labute approximate surface area is 157 Å². The molecule has 1 N–H and O–H groups in total. The van der Waals surface area contributed by atoms with Crippen molar-refractivity contribution >= 4 is 10.9 Å². The Morgan fingerprint density at radius 1 is 1.22 bits per heavy atom. The monoisotopic (exact) mass is 364 g/mol. The summed E-state index contributed by atoms with van der Waals surface area (Å²) < 4.78 is 1.73. The highest BCUT2D eigenvalue weighted by Crippen LogP contribution is 2.26. The summed E-state index contributed by atoms with van der Waals surface area (Å²) in [4.78, 5) is 34.1. The number of aromatic amines is 1. The first-order valence-corrected chi connectivity index (χ1v) is 9.39. The normalized spacial score (nSPS) is 18.1. The quantitative estimate of drug-likeness (QED) is 0.774. The summed E-state index contributed by atoms with van der Waals surface area (Å²) in [5.41, 5.74) is 2.57. The van der Waals surface area contributed by atoms with Gasteiger partial charge in [-0.1, -0.05) is 18.2 Å². The first-order chi connectivity index (χ1) is 13.0. The number of aromatic nitrogens is 3. The van der Waals surface area contributed by atoms with E-state index in [1.54, 1.807) is 10.6 Å². The van der Waals surface area contributed by atoms with Gasteiger partial charge in [-0.3, -0.25) is 14.5 Å². The van der Waals surface area contributed by atoms with Gasteiger partial charge < -0.3 is 9.55 Å². The molecule has 2 aromatic heterocycles. The van der Waals surface area contributed by atoms with E-state index in [0.717, 1.165) is 48.1 Å². The third-order valence-corrected chi connectivity index (χ3v) is 5.40. The number of hydrogen-bond donors (Lipinski definition) is 1. The third-order valence-electron chi connectivity index (χ3n) is 5.40. The zero-order valence-electron chi connectivity index (χ0n) is 15.7. The summed E-state index contributed by atoms with van der Waals surface area (Å²) in [6.07, 6.45) is 2.05. The lowest BCUT2D eigenvalue weighted by molar-refractivity contribution is 0.197. The molecule has 1 aliphatic heterocycles. The summed E-state index contributed by atoms with van der Waals surface area (Å²) in [7, 11) is 1.83. The van der Waals surface area contributed by atoms with Crippen molar-refractivity contribution in [3.05, 3.63) is 74.2 Å². The minimum absolute atomic E-state index is 0.0564. The van der Waals surface area contributed by atoms with Crippen LogP contribution in [0.4, 0.5) is 0 Å². The topological polar surface area (TPSA) is 71.0 Å². The van der Waals surface area contributed by atoms with E-state index in [4.69, 9.17) is 0 Å². The Hall–Kier alpha value is -2.73. The number of nitrogens with one attached hydrogen (secondary N) is 1. The van der Waals surface area contributed by atoms with Gasteiger partial charge in [-0.05, 0) is 43.8 Å². The highest BCUT2D eigenvalue weighted by Gasteiger charge is 2.24. The molecule has 1 atom stereocenters. The van der Waals surface area contributed by atoms with Crippen molar-refractivity contribution in [2.24, 2.45) is 7.05 Å². The second kappa shape index (κ2) is 7.12. The van der Waals surface area contributed by atoms with Crippen LogP contribution < -0.4 is 11.1 Å². The molecule has 0 bridgehead atoms. The molecule has 1 fully saturated rings. The van der Waals surface area contributed by atoms with Gasteiger partial charge in [0.2, 0.25) is 0 Å². The van der Waals surface area contributed by atoms with E-state index in [9.17, 15) is 9.59 Å². The van der Waals surface area contributed by atoms with Crippen LogP contribution >= 0.6 is 0 Å². The zero-order chi connectivity index (χ0) is 19.0. The molecule has 140 valence electrons. The Balaban J connectivity index is 1.59. The number of H-pyrrole nitrogens is 1. The lowest BCUT2D eigenvalue weighted by atomic mass is 9.94. The maximum absolute atomic E-state index is 12.8. The summed E-state index contributed by atoms with van der Waals surface area (Å²) in [6.45, 7) is 4.20.